The third-order valence-electron chi connectivity index (χ3n) is 1.42. The molecule has 0 radical (unpaired) electrons. The summed E-state index contributed by atoms with van der Waals surface area (Å²) in [4.78, 5) is 10.9. The highest BCUT2D eigenvalue weighted by Gasteiger charge is 2.24. The monoisotopic (exact) mass is 158 g/mol. The van der Waals surface area contributed by atoms with Crippen LogP contribution in [-0.4, -0.2) is 38.5 Å². The molecule has 3 heteroatoms. The van der Waals surface area contributed by atoms with Gasteiger partial charge in [0.15, 0.2) is 0 Å². The Balaban J connectivity index is 0.000000187. The molecule has 1 aliphatic heterocycles. The number of carbonyl (C=O) groups is 1. The molecule has 1 N–H and O–H groups in total. The first-order valence-electron chi connectivity index (χ1n) is 3.80. The lowest BCUT2D eigenvalue weighted by atomic mass is 9.87. The molecule has 3 nitrogen and oxygen atoms in total. The molecule has 0 saturated carbocycles. The summed E-state index contributed by atoms with van der Waals surface area (Å²) < 4.78 is 0. The summed E-state index contributed by atoms with van der Waals surface area (Å²) in [5.74, 6) is 0. The summed E-state index contributed by atoms with van der Waals surface area (Å²) in [6.07, 6.45) is 0.750. The predicted octanol–water partition coefficient (Wildman–Crippen LogP) is 0.320. The first kappa shape index (κ1) is 10.4. The molecule has 1 saturated heterocycles. The largest absolute Gasteiger partial charge is 0.351 e. The van der Waals surface area contributed by atoms with Gasteiger partial charge < -0.3 is 10.2 Å². The molecule has 0 aliphatic carbocycles. The maximum Gasteiger partial charge on any atom is 0.209 e. The lowest BCUT2D eigenvalue weighted by Gasteiger charge is -2.35. The average Bonchev–Trinajstić information content (AvgIpc) is 1.86. The number of nitrogens with one attached hydrogen (secondary N) is 1. The Bertz CT molecular complexity index is 115. The molecule has 66 valence electrons. The summed E-state index contributed by atoms with van der Waals surface area (Å²) in [6, 6.07) is 0. The minimum atomic E-state index is 0.611. The van der Waals surface area contributed by atoms with Gasteiger partial charge in [-0.05, 0) is 5.41 Å². The van der Waals surface area contributed by atoms with Gasteiger partial charge >= 0.3 is 0 Å². The first-order chi connectivity index (χ1) is 4.98. The summed E-state index contributed by atoms with van der Waals surface area (Å²) in [5, 5.41) is 3.20. The Labute approximate surface area is 68.8 Å². The highest BCUT2D eigenvalue weighted by molar-refractivity contribution is 5.45. The molecule has 0 aromatic heterocycles. The van der Waals surface area contributed by atoms with Crippen LogP contribution < -0.4 is 5.32 Å². The molecule has 1 aliphatic rings. The Morgan fingerprint density at radius 1 is 1.36 bits per heavy atom. The van der Waals surface area contributed by atoms with Crippen LogP contribution in [0.5, 0.6) is 0 Å². The summed E-state index contributed by atoms with van der Waals surface area (Å²) in [7, 11) is 3.38. The van der Waals surface area contributed by atoms with Crippen LogP contribution in [0, 0.1) is 5.41 Å². The molecule has 1 fully saturated rings. The second-order valence-corrected chi connectivity index (χ2v) is 3.84. The van der Waals surface area contributed by atoms with E-state index in [-0.39, 0.29) is 0 Å². The molecule has 0 aromatic carbocycles. The zero-order chi connectivity index (χ0) is 8.91. The van der Waals surface area contributed by atoms with Crippen molar-refractivity contribution in [3.8, 4) is 0 Å². The molecule has 11 heavy (non-hydrogen) atoms. The summed E-state index contributed by atoms with van der Waals surface area (Å²) in [5.41, 5.74) is 0.611. The van der Waals surface area contributed by atoms with Crippen molar-refractivity contribution in [3.63, 3.8) is 0 Å². The van der Waals surface area contributed by atoms with Crippen LogP contribution in [0.15, 0.2) is 0 Å². The van der Waals surface area contributed by atoms with E-state index in [0.717, 1.165) is 6.41 Å². The van der Waals surface area contributed by atoms with E-state index in [0.29, 0.717) is 5.41 Å². The predicted molar refractivity (Wildman–Crippen MR) is 46.4 cm³/mol. The van der Waals surface area contributed by atoms with Crippen molar-refractivity contribution in [3.05, 3.63) is 0 Å². The maximum atomic E-state index is 9.43. The fourth-order valence-corrected chi connectivity index (χ4v) is 0.625. The zero-order valence-electron chi connectivity index (χ0n) is 7.85. The van der Waals surface area contributed by atoms with Gasteiger partial charge in [-0.25, -0.2) is 0 Å². The van der Waals surface area contributed by atoms with Crippen LogP contribution >= 0.6 is 0 Å². The lowest BCUT2D eigenvalue weighted by molar-refractivity contribution is -0.115. The van der Waals surface area contributed by atoms with Crippen molar-refractivity contribution in [2.45, 2.75) is 13.8 Å². The second-order valence-electron chi connectivity index (χ2n) is 3.84. The highest BCUT2D eigenvalue weighted by Crippen LogP contribution is 2.18. The van der Waals surface area contributed by atoms with Crippen molar-refractivity contribution in [2.24, 2.45) is 5.41 Å². The maximum absolute atomic E-state index is 9.43. The average molecular weight is 158 g/mol. The third-order valence-corrected chi connectivity index (χ3v) is 1.42. The Morgan fingerprint density at radius 3 is 1.64 bits per heavy atom. The van der Waals surface area contributed by atoms with Gasteiger partial charge in [0.25, 0.3) is 0 Å². The van der Waals surface area contributed by atoms with Gasteiger partial charge in [0.05, 0.1) is 0 Å². The van der Waals surface area contributed by atoms with Gasteiger partial charge in [-0.1, -0.05) is 13.8 Å². The van der Waals surface area contributed by atoms with E-state index in [9.17, 15) is 4.79 Å². The highest BCUT2D eigenvalue weighted by atomic mass is 16.1. The Hall–Kier alpha value is -0.570. The molecule has 0 unspecified atom stereocenters. The number of nitrogens with zero attached hydrogens (tertiary/aromatic N) is 1. The quantitative estimate of drug-likeness (QED) is 0.557. The van der Waals surface area contributed by atoms with E-state index in [2.05, 4.69) is 19.2 Å². The molecule has 0 bridgehead atoms. The Morgan fingerprint density at radius 2 is 1.64 bits per heavy atom. The molecule has 1 amide bonds. The Kier molecular flexibility index (Phi) is 4.11. The fraction of sp³-hybridized carbons (Fsp3) is 0.875. The number of amides is 1. The molecule has 0 aromatic rings. The van der Waals surface area contributed by atoms with Gasteiger partial charge in [0.2, 0.25) is 6.41 Å². The number of carbonyl (C=O) groups excluding carboxylic acids is 1. The molecule has 0 spiro atoms. The number of rotatable bonds is 1. The minimum absolute atomic E-state index is 0.611. The van der Waals surface area contributed by atoms with Gasteiger partial charge in [-0.3, -0.25) is 4.79 Å². The van der Waals surface area contributed by atoms with E-state index in [4.69, 9.17) is 0 Å². The molecule has 1 rings (SSSR count). The van der Waals surface area contributed by atoms with Gasteiger partial charge in [-0.15, -0.1) is 0 Å². The van der Waals surface area contributed by atoms with E-state index in [1.807, 2.05) is 0 Å². The van der Waals surface area contributed by atoms with Crippen molar-refractivity contribution in [1.29, 1.82) is 0 Å². The number of hydrogen-bond donors (Lipinski definition) is 1. The lowest BCUT2D eigenvalue weighted by Crippen LogP contribution is -2.49. The minimum Gasteiger partial charge on any atom is -0.351 e. The van der Waals surface area contributed by atoms with Crippen LogP contribution in [0.2, 0.25) is 0 Å². The van der Waals surface area contributed by atoms with E-state index in [1.165, 1.54) is 18.0 Å². The summed E-state index contributed by atoms with van der Waals surface area (Å²) in [6.45, 7) is 6.94. The van der Waals surface area contributed by atoms with Crippen molar-refractivity contribution >= 4 is 6.41 Å². The smallest absolute Gasteiger partial charge is 0.209 e. The van der Waals surface area contributed by atoms with Crippen LogP contribution in [0.25, 0.3) is 0 Å². The van der Waals surface area contributed by atoms with Gasteiger partial charge in [0.1, 0.15) is 0 Å². The third kappa shape index (κ3) is 5.85. The van der Waals surface area contributed by atoms with Gasteiger partial charge in [0, 0.05) is 27.2 Å². The molecule has 1 heterocycles. The van der Waals surface area contributed by atoms with Crippen molar-refractivity contribution in [1.82, 2.24) is 10.2 Å². The number of hydrogen-bond acceptors (Lipinski definition) is 2. The first-order valence-corrected chi connectivity index (χ1v) is 3.80. The second kappa shape index (κ2) is 4.34. The molecular weight excluding hydrogens is 140 g/mol. The topological polar surface area (TPSA) is 32.3 Å². The van der Waals surface area contributed by atoms with Crippen LogP contribution in [0.4, 0.5) is 0 Å². The van der Waals surface area contributed by atoms with Crippen LogP contribution in [0.1, 0.15) is 13.8 Å². The van der Waals surface area contributed by atoms with Crippen LogP contribution in [-0.2, 0) is 4.79 Å². The van der Waals surface area contributed by atoms with E-state index in [1.54, 1.807) is 14.1 Å². The fourth-order valence-electron chi connectivity index (χ4n) is 0.625. The molecular formula is C8H18N2O. The van der Waals surface area contributed by atoms with Gasteiger partial charge in [-0.2, -0.15) is 0 Å². The van der Waals surface area contributed by atoms with Crippen molar-refractivity contribution < 1.29 is 4.79 Å². The SMILES string of the molecule is CC1(C)CNC1.CN(C)C=O. The standard InChI is InChI=1S/C5H11N.C3H7NO/c1-5(2)3-6-4-5;1-4(2)3-5/h6H,3-4H2,1-2H3;3H,1-2H3. The summed E-state index contributed by atoms with van der Waals surface area (Å²) >= 11 is 0. The normalized spacial score (nSPS) is 18.9. The van der Waals surface area contributed by atoms with Crippen molar-refractivity contribution in [2.75, 3.05) is 27.2 Å². The van der Waals surface area contributed by atoms with Crippen LogP contribution in [0.3, 0.4) is 0 Å². The zero-order valence-corrected chi connectivity index (χ0v) is 7.85. The molecule has 0 atom stereocenters. The van der Waals surface area contributed by atoms with E-state index < -0.39 is 0 Å². The van der Waals surface area contributed by atoms with E-state index >= 15 is 0 Å².